The summed E-state index contributed by atoms with van der Waals surface area (Å²) in [4.78, 5) is 0. The highest BCUT2D eigenvalue weighted by Gasteiger charge is 2.41. The molecule has 1 aliphatic carbocycles. The normalized spacial score (nSPS) is 25.4. The molecule has 112 valence electrons. The van der Waals surface area contributed by atoms with Crippen molar-refractivity contribution in [3.8, 4) is 0 Å². The lowest BCUT2D eigenvalue weighted by molar-refractivity contribution is -0.195. The Hall–Kier alpha value is -0.940. The molecule has 0 bridgehead atoms. The second-order valence-corrected chi connectivity index (χ2v) is 5.13. The van der Waals surface area contributed by atoms with Crippen LogP contribution in [0.2, 0.25) is 0 Å². The summed E-state index contributed by atoms with van der Waals surface area (Å²) in [5.74, 6) is 0. The minimum absolute atomic E-state index is 0.0256. The Labute approximate surface area is 120 Å². The second kappa shape index (κ2) is 8.37. The van der Waals surface area contributed by atoms with Gasteiger partial charge < -0.3 is 19.3 Å². The van der Waals surface area contributed by atoms with Gasteiger partial charge in [0.05, 0.1) is 25.4 Å². The lowest BCUT2D eigenvalue weighted by Crippen LogP contribution is -2.54. The first-order valence-electron chi connectivity index (χ1n) is 7.25. The molecule has 1 saturated carbocycles. The molecule has 0 amide bonds. The van der Waals surface area contributed by atoms with Crippen molar-refractivity contribution in [1.29, 1.82) is 0 Å². The molecule has 20 heavy (non-hydrogen) atoms. The third-order valence-corrected chi connectivity index (χ3v) is 3.60. The Kier molecular flexibility index (Phi) is 6.47. The van der Waals surface area contributed by atoms with Gasteiger partial charge in [-0.1, -0.05) is 30.3 Å². The fourth-order valence-electron chi connectivity index (χ4n) is 2.36. The van der Waals surface area contributed by atoms with Crippen molar-refractivity contribution in [2.24, 2.45) is 0 Å². The Morgan fingerprint density at radius 3 is 2.60 bits per heavy atom. The van der Waals surface area contributed by atoms with Crippen LogP contribution in [0.5, 0.6) is 0 Å². The van der Waals surface area contributed by atoms with Gasteiger partial charge in [-0.2, -0.15) is 0 Å². The molecule has 0 aliphatic heterocycles. The molecule has 0 heterocycles. The summed E-state index contributed by atoms with van der Waals surface area (Å²) in [5.41, 5.74) is 1.33. The predicted molar refractivity (Wildman–Crippen MR) is 76.7 cm³/mol. The summed E-state index contributed by atoms with van der Waals surface area (Å²) in [6, 6.07) is 10.4. The van der Waals surface area contributed by atoms with E-state index in [-0.39, 0.29) is 12.2 Å². The van der Waals surface area contributed by atoms with Crippen molar-refractivity contribution in [3.63, 3.8) is 0 Å². The number of hydrogen-bond acceptors (Lipinski definition) is 4. The first-order chi connectivity index (χ1) is 9.81. The molecular formula is C16H24O4. The van der Waals surface area contributed by atoms with Gasteiger partial charge in [-0.05, 0) is 18.4 Å². The van der Waals surface area contributed by atoms with Crippen LogP contribution in [0.3, 0.4) is 0 Å². The van der Waals surface area contributed by atoms with Gasteiger partial charge in [0.15, 0.2) is 0 Å². The maximum absolute atomic E-state index is 9.67. The third-order valence-electron chi connectivity index (χ3n) is 3.60. The van der Waals surface area contributed by atoms with Crippen molar-refractivity contribution >= 4 is 0 Å². The minimum Gasteiger partial charge on any atom is -0.390 e. The van der Waals surface area contributed by atoms with Crippen LogP contribution in [-0.4, -0.2) is 50.3 Å². The van der Waals surface area contributed by atoms with E-state index in [0.29, 0.717) is 26.2 Å². The zero-order valence-electron chi connectivity index (χ0n) is 12.0. The van der Waals surface area contributed by atoms with Crippen molar-refractivity contribution < 1.29 is 19.3 Å². The lowest BCUT2D eigenvalue weighted by atomic mass is 9.88. The van der Waals surface area contributed by atoms with E-state index in [1.807, 2.05) is 6.07 Å². The highest BCUT2D eigenvalue weighted by Crippen LogP contribution is 2.27. The first-order valence-corrected chi connectivity index (χ1v) is 7.25. The van der Waals surface area contributed by atoms with Crippen molar-refractivity contribution in [2.75, 3.05) is 26.9 Å². The van der Waals surface area contributed by atoms with E-state index < -0.39 is 6.10 Å². The van der Waals surface area contributed by atoms with E-state index in [4.69, 9.17) is 14.2 Å². The molecule has 1 aromatic carbocycles. The third kappa shape index (κ3) is 4.56. The number of rotatable bonds is 9. The SMILES string of the molecule is COCCOC1C(O)CC1OCCCc1ccccc1. The van der Waals surface area contributed by atoms with Gasteiger partial charge >= 0.3 is 0 Å². The Bertz CT molecular complexity index is 368. The molecule has 0 saturated heterocycles. The molecule has 1 N–H and O–H groups in total. The zero-order chi connectivity index (χ0) is 14.2. The van der Waals surface area contributed by atoms with Crippen LogP contribution in [0, 0.1) is 0 Å². The van der Waals surface area contributed by atoms with Gasteiger partial charge in [0.2, 0.25) is 0 Å². The number of benzene rings is 1. The maximum Gasteiger partial charge on any atom is 0.110 e. The number of aliphatic hydroxyl groups is 1. The van der Waals surface area contributed by atoms with Crippen LogP contribution in [0.4, 0.5) is 0 Å². The quantitative estimate of drug-likeness (QED) is 0.701. The molecule has 0 radical (unpaired) electrons. The summed E-state index contributed by atoms with van der Waals surface area (Å²) < 4.78 is 16.3. The van der Waals surface area contributed by atoms with E-state index in [1.165, 1.54) is 5.56 Å². The van der Waals surface area contributed by atoms with Gasteiger partial charge in [0.25, 0.3) is 0 Å². The van der Waals surface area contributed by atoms with Crippen LogP contribution in [-0.2, 0) is 20.6 Å². The van der Waals surface area contributed by atoms with E-state index in [1.54, 1.807) is 7.11 Å². The van der Waals surface area contributed by atoms with Crippen LogP contribution in [0.1, 0.15) is 18.4 Å². The zero-order valence-corrected chi connectivity index (χ0v) is 12.0. The number of ether oxygens (including phenoxy) is 3. The topological polar surface area (TPSA) is 47.9 Å². The van der Waals surface area contributed by atoms with Gasteiger partial charge in [-0.3, -0.25) is 0 Å². The predicted octanol–water partition coefficient (Wildman–Crippen LogP) is 1.80. The van der Waals surface area contributed by atoms with Gasteiger partial charge in [-0.25, -0.2) is 0 Å². The van der Waals surface area contributed by atoms with Gasteiger partial charge in [0, 0.05) is 20.1 Å². The highest BCUT2D eigenvalue weighted by molar-refractivity contribution is 5.14. The van der Waals surface area contributed by atoms with Gasteiger partial charge in [-0.15, -0.1) is 0 Å². The standard InChI is InChI=1S/C16H24O4/c1-18-10-11-20-16-14(17)12-15(16)19-9-5-8-13-6-3-2-4-7-13/h2-4,6-7,14-17H,5,8-12H2,1H3. The smallest absolute Gasteiger partial charge is 0.110 e. The van der Waals surface area contributed by atoms with Crippen LogP contribution in [0.25, 0.3) is 0 Å². The summed E-state index contributed by atoms with van der Waals surface area (Å²) in [6.07, 6.45) is 2.11. The average Bonchev–Trinajstić information content (AvgIpc) is 2.48. The molecule has 3 unspecified atom stereocenters. The number of hydrogen-bond donors (Lipinski definition) is 1. The van der Waals surface area contributed by atoms with Crippen molar-refractivity contribution in [2.45, 2.75) is 37.6 Å². The van der Waals surface area contributed by atoms with E-state index in [0.717, 1.165) is 12.8 Å². The molecule has 4 nitrogen and oxygen atoms in total. The Balaban J connectivity index is 1.59. The van der Waals surface area contributed by atoms with Crippen LogP contribution in [0.15, 0.2) is 30.3 Å². The summed E-state index contributed by atoms with van der Waals surface area (Å²) in [7, 11) is 1.64. The summed E-state index contributed by atoms with van der Waals surface area (Å²) in [5, 5.41) is 9.67. The highest BCUT2D eigenvalue weighted by atomic mass is 16.6. The first kappa shape index (κ1) is 15.4. The maximum atomic E-state index is 9.67. The molecule has 2 rings (SSSR count). The molecule has 1 fully saturated rings. The van der Waals surface area contributed by atoms with E-state index in [2.05, 4.69) is 24.3 Å². The number of aryl methyl sites for hydroxylation is 1. The number of aliphatic hydroxyl groups excluding tert-OH is 1. The summed E-state index contributed by atoms with van der Waals surface area (Å²) >= 11 is 0. The Morgan fingerprint density at radius 2 is 1.90 bits per heavy atom. The van der Waals surface area contributed by atoms with E-state index in [9.17, 15) is 5.11 Å². The molecule has 0 spiro atoms. The lowest BCUT2D eigenvalue weighted by Gasteiger charge is -2.40. The van der Waals surface area contributed by atoms with Crippen LogP contribution < -0.4 is 0 Å². The molecule has 4 heteroatoms. The Morgan fingerprint density at radius 1 is 1.10 bits per heavy atom. The van der Waals surface area contributed by atoms with Crippen molar-refractivity contribution in [3.05, 3.63) is 35.9 Å². The van der Waals surface area contributed by atoms with Crippen molar-refractivity contribution in [1.82, 2.24) is 0 Å². The fraction of sp³-hybridized carbons (Fsp3) is 0.625. The molecule has 1 aliphatic rings. The summed E-state index contributed by atoms with van der Waals surface area (Å²) in [6.45, 7) is 1.75. The van der Waals surface area contributed by atoms with E-state index >= 15 is 0 Å². The van der Waals surface area contributed by atoms with Crippen LogP contribution >= 0.6 is 0 Å². The monoisotopic (exact) mass is 280 g/mol. The number of methoxy groups -OCH3 is 1. The second-order valence-electron chi connectivity index (χ2n) is 5.13. The largest absolute Gasteiger partial charge is 0.390 e. The molecule has 0 aromatic heterocycles. The fourth-order valence-corrected chi connectivity index (χ4v) is 2.36. The molecular weight excluding hydrogens is 256 g/mol. The molecule has 3 atom stereocenters. The minimum atomic E-state index is -0.397. The average molecular weight is 280 g/mol. The van der Waals surface area contributed by atoms with Gasteiger partial charge in [0.1, 0.15) is 6.10 Å². The molecule has 1 aromatic rings.